The van der Waals surface area contributed by atoms with Gasteiger partial charge in [0.05, 0.1) is 24.6 Å². The number of aromatic nitrogens is 1. The largest absolute Gasteiger partial charge is 0.465 e. The molecular formula is C27H32N2O4S. The first-order valence-electron chi connectivity index (χ1n) is 11.3. The van der Waals surface area contributed by atoms with Crippen LogP contribution in [-0.2, 0) is 27.2 Å². The van der Waals surface area contributed by atoms with Crippen LogP contribution in [0.1, 0.15) is 60.8 Å². The summed E-state index contributed by atoms with van der Waals surface area (Å²) in [5.74, 6) is 0.642. The summed E-state index contributed by atoms with van der Waals surface area (Å²) in [4.78, 5) is 32.1. The molecule has 0 unspecified atom stereocenters. The molecule has 1 amide bonds. The molecule has 0 saturated heterocycles. The van der Waals surface area contributed by atoms with Crippen molar-refractivity contribution in [2.45, 2.75) is 57.2 Å². The summed E-state index contributed by atoms with van der Waals surface area (Å²) in [6.07, 6.45) is 1.65. The fourth-order valence-electron chi connectivity index (χ4n) is 3.35. The first-order chi connectivity index (χ1) is 16.2. The van der Waals surface area contributed by atoms with Crippen molar-refractivity contribution in [3.8, 4) is 0 Å². The van der Waals surface area contributed by atoms with E-state index in [1.54, 1.807) is 37.0 Å². The highest BCUT2D eigenvalue weighted by molar-refractivity contribution is 7.98. The molecule has 0 saturated carbocycles. The number of hydrogen-bond acceptors (Lipinski definition) is 6. The fourth-order valence-corrected chi connectivity index (χ4v) is 4.31. The zero-order chi connectivity index (χ0) is 24.7. The van der Waals surface area contributed by atoms with Crippen molar-refractivity contribution in [2.75, 3.05) is 13.2 Å². The number of carbonyl (C=O) groups is 2. The molecule has 3 rings (SSSR count). The highest BCUT2D eigenvalue weighted by Crippen LogP contribution is 2.32. The molecule has 0 radical (unpaired) electrons. The average Bonchev–Trinajstić information content (AvgIpc) is 3.27. The van der Waals surface area contributed by atoms with E-state index < -0.39 is 5.97 Å². The fraction of sp³-hybridized carbons (Fsp3) is 0.370. The van der Waals surface area contributed by atoms with Crippen LogP contribution < -0.4 is 0 Å². The van der Waals surface area contributed by atoms with E-state index in [9.17, 15) is 9.59 Å². The predicted molar refractivity (Wildman–Crippen MR) is 134 cm³/mol. The standard InChI is InChI=1S/C27H32N2O4S/c1-6-32-25(30)17-29(16-21-9-7-8-14-28-21)26(31)23-13-12-22(33-23)18-34-24-15-20(27(3,4)5)11-10-19(24)2/h7-15H,6,16-18H2,1-5H3. The Hall–Kier alpha value is -3.06. The molecule has 0 aliphatic heterocycles. The number of benzene rings is 1. The maximum Gasteiger partial charge on any atom is 0.325 e. The number of ether oxygens (including phenoxy) is 1. The molecule has 34 heavy (non-hydrogen) atoms. The lowest BCUT2D eigenvalue weighted by molar-refractivity contribution is -0.144. The van der Waals surface area contributed by atoms with Crippen LogP contribution in [0.3, 0.4) is 0 Å². The summed E-state index contributed by atoms with van der Waals surface area (Å²) in [6, 6.07) is 15.5. The maximum absolute atomic E-state index is 13.2. The molecule has 0 bridgehead atoms. The van der Waals surface area contributed by atoms with Gasteiger partial charge in [-0.05, 0) is 60.7 Å². The van der Waals surface area contributed by atoms with Crippen LogP contribution in [0.25, 0.3) is 0 Å². The number of esters is 1. The SMILES string of the molecule is CCOC(=O)CN(Cc1ccccn1)C(=O)c1ccc(CSc2cc(C(C)(C)C)ccc2C)o1. The summed E-state index contributed by atoms with van der Waals surface area (Å²) < 4.78 is 10.9. The van der Waals surface area contributed by atoms with Gasteiger partial charge >= 0.3 is 5.97 Å². The van der Waals surface area contributed by atoms with Gasteiger partial charge in [-0.1, -0.05) is 39.0 Å². The zero-order valence-corrected chi connectivity index (χ0v) is 21.3. The lowest BCUT2D eigenvalue weighted by Gasteiger charge is -2.20. The predicted octanol–water partition coefficient (Wildman–Crippen LogP) is 5.78. The van der Waals surface area contributed by atoms with E-state index in [2.05, 4.69) is 50.9 Å². The van der Waals surface area contributed by atoms with Crippen molar-refractivity contribution < 1.29 is 18.7 Å². The van der Waals surface area contributed by atoms with Crippen molar-refractivity contribution in [3.05, 3.63) is 83.1 Å². The molecule has 1 aromatic carbocycles. The van der Waals surface area contributed by atoms with Crippen LogP contribution >= 0.6 is 11.8 Å². The third-order valence-electron chi connectivity index (χ3n) is 5.29. The molecule has 0 atom stereocenters. The molecule has 6 nitrogen and oxygen atoms in total. The Bertz CT molecular complexity index is 1120. The Morgan fingerprint density at radius 2 is 1.91 bits per heavy atom. The van der Waals surface area contributed by atoms with Crippen LogP contribution in [0.5, 0.6) is 0 Å². The van der Waals surface area contributed by atoms with Gasteiger partial charge in [-0.2, -0.15) is 0 Å². The number of carbonyl (C=O) groups excluding carboxylic acids is 2. The van der Waals surface area contributed by atoms with Gasteiger partial charge in [0.1, 0.15) is 12.3 Å². The number of pyridine rings is 1. The van der Waals surface area contributed by atoms with E-state index in [4.69, 9.17) is 9.15 Å². The second kappa shape index (κ2) is 11.4. The summed E-state index contributed by atoms with van der Waals surface area (Å²) in [7, 11) is 0. The highest BCUT2D eigenvalue weighted by Gasteiger charge is 2.23. The Kier molecular flexibility index (Phi) is 8.56. The van der Waals surface area contributed by atoms with Gasteiger partial charge in [-0.15, -0.1) is 11.8 Å². The second-order valence-corrected chi connectivity index (χ2v) is 10.1. The van der Waals surface area contributed by atoms with Gasteiger partial charge in [0.25, 0.3) is 5.91 Å². The van der Waals surface area contributed by atoms with E-state index in [1.165, 1.54) is 20.9 Å². The van der Waals surface area contributed by atoms with Gasteiger partial charge in [0.15, 0.2) is 5.76 Å². The summed E-state index contributed by atoms with van der Waals surface area (Å²) in [6.45, 7) is 10.7. The Morgan fingerprint density at radius 3 is 2.59 bits per heavy atom. The van der Waals surface area contributed by atoms with E-state index in [-0.39, 0.29) is 36.8 Å². The third-order valence-corrected chi connectivity index (χ3v) is 6.47. The number of rotatable bonds is 9. The van der Waals surface area contributed by atoms with E-state index >= 15 is 0 Å². The lowest BCUT2D eigenvalue weighted by Crippen LogP contribution is -2.36. The highest BCUT2D eigenvalue weighted by atomic mass is 32.2. The van der Waals surface area contributed by atoms with Crippen LogP contribution in [0.4, 0.5) is 0 Å². The van der Waals surface area contributed by atoms with Gasteiger partial charge < -0.3 is 14.1 Å². The van der Waals surface area contributed by atoms with Crippen LogP contribution in [0.2, 0.25) is 0 Å². The van der Waals surface area contributed by atoms with Gasteiger partial charge in [-0.3, -0.25) is 14.6 Å². The third kappa shape index (κ3) is 6.97. The van der Waals surface area contributed by atoms with Crippen LogP contribution in [-0.4, -0.2) is 34.9 Å². The van der Waals surface area contributed by atoms with Gasteiger partial charge in [-0.25, -0.2) is 0 Å². The summed E-state index contributed by atoms with van der Waals surface area (Å²) in [5, 5.41) is 0. The van der Waals surface area contributed by atoms with Crippen molar-refractivity contribution in [2.24, 2.45) is 0 Å². The van der Waals surface area contributed by atoms with Gasteiger partial charge in [0.2, 0.25) is 0 Å². The minimum absolute atomic E-state index is 0.0727. The number of nitrogens with zero attached hydrogens (tertiary/aromatic N) is 2. The summed E-state index contributed by atoms with van der Waals surface area (Å²) >= 11 is 1.68. The molecule has 2 aromatic heterocycles. The Balaban J connectivity index is 1.72. The normalized spacial score (nSPS) is 11.3. The number of furan rings is 1. The molecule has 3 aromatic rings. The van der Waals surface area contributed by atoms with Crippen molar-refractivity contribution >= 4 is 23.6 Å². The molecule has 7 heteroatoms. The van der Waals surface area contributed by atoms with Crippen LogP contribution in [0, 0.1) is 6.92 Å². The topological polar surface area (TPSA) is 72.6 Å². The minimum atomic E-state index is -0.469. The lowest BCUT2D eigenvalue weighted by atomic mass is 9.87. The van der Waals surface area contributed by atoms with E-state index in [0.29, 0.717) is 17.2 Å². The number of aryl methyl sites for hydroxylation is 1. The van der Waals surface area contributed by atoms with Crippen molar-refractivity contribution in [3.63, 3.8) is 0 Å². The van der Waals surface area contributed by atoms with E-state index in [1.807, 2.05) is 18.2 Å². The second-order valence-electron chi connectivity index (χ2n) is 9.07. The molecule has 0 aliphatic carbocycles. The molecule has 180 valence electrons. The molecule has 0 spiro atoms. The monoisotopic (exact) mass is 480 g/mol. The first-order valence-corrected chi connectivity index (χ1v) is 12.3. The van der Waals surface area contributed by atoms with Crippen LogP contribution in [0.15, 0.2) is 64.0 Å². The Morgan fingerprint density at radius 1 is 1.12 bits per heavy atom. The number of hydrogen-bond donors (Lipinski definition) is 0. The number of amides is 1. The zero-order valence-electron chi connectivity index (χ0n) is 20.5. The smallest absolute Gasteiger partial charge is 0.325 e. The molecule has 0 fully saturated rings. The quantitative estimate of drug-likeness (QED) is 0.286. The molecule has 0 N–H and O–H groups in total. The molecular weight excluding hydrogens is 448 g/mol. The van der Waals surface area contributed by atoms with E-state index in [0.717, 1.165) is 0 Å². The van der Waals surface area contributed by atoms with Gasteiger partial charge in [0, 0.05) is 11.1 Å². The average molecular weight is 481 g/mol. The summed E-state index contributed by atoms with van der Waals surface area (Å²) in [5.41, 5.74) is 3.23. The number of thioether (sulfide) groups is 1. The minimum Gasteiger partial charge on any atom is -0.465 e. The Labute approximate surface area is 205 Å². The maximum atomic E-state index is 13.2. The van der Waals surface area contributed by atoms with Crippen molar-refractivity contribution in [1.82, 2.24) is 9.88 Å². The van der Waals surface area contributed by atoms with Crippen molar-refractivity contribution in [1.29, 1.82) is 0 Å². The molecule has 0 aliphatic rings. The first kappa shape index (κ1) is 25.6. The molecule has 2 heterocycles.